The van der Waals surface area contributed by atoms with Gasteiger partial charge < -0.3 is 14.2 Å². The number of esters is 2. The maximum absolute atomic E-state index is 12.4. The Hall–Kier alpha value is -3.19. The topological polar surface area (TPSA) is 96.0 Å². The average Bonchev–Trinajstić information content (AvgIpc) is 2.72. The number of hydrogen-bond donors (Lipinski definition) is 0. The van der Waals surface area contributed by atoms with E-state index in [9.17, 15) is 19.2 Å². The largest absolute Gasteiger partial charge is 0.490 e. The Bertz CT molecular complexity index is 904. The van der Waals surface area contributed by atoms with Gasteiger partial charge in [-0.1, -0.05) is 11.6 Å². The molecule has 2 aromatic rings. The Kier molecular flexibility index (Phi) is 8.55. The number of halogens is 1. The molecule has 0 heterocycles. The summed E-state index contributed by atoms with van der Waals surface area (Å²) in [6.07, 6.45) is -0.672. The molecule has 0 aliphatic rings. The summed E-state index contributed by atoms with van der Waals surface area (Å²) >= 11 is 5.83. The van der Waals surface area contributed by atoms with Gasteiger partial charge in [-0.3, -0.25) is 14.4 Å². The molecule has 8 heteroatoms. The molecule has 0 saturated heterocycles. The van der Waals surface area contributed by atoms with Crippen molar-refractivity contribution in [2.45, 2.75) is 26.4 Å². The molecule has 2 rings (SSSR count). The number of ether oxygens (including phenoxy) is 3. The fourth-order valence-corrected chi connectivity index (χ4v) is 2.56. The maximum atomic E-state index is 12.4. The maximum Gasteiger partial charge on any atom is 0.378 e. The van der Waals surface area contributed by atoms with E-state index in [0.717, 1.165) is 0 Å². The van der Waals surface area contributed by atoms with Gasteiger partial charge >= 0.3 is 11.9 Å². The van der Waals surface area contributed by atoms with Gasteiger partial charge in [-0.25, -0.2) is 4.79 Å². The van der Waals surface area contributed by atoms with Crippen LogP contribution in [0.1, 0.15) is 36.2 Å². The Morgan fingerprint density at radius 3 is 2.03 bits per heavy atom. The van der Waals surface area contributed by atoms with Gasteiger partial charge in [-0.2, -0.15) is 0 Å². The molecule has 7 nitrogen and oxygen atoms in total. The van der Waals surface area contributed by atoms with Crippen molar-refractivity contribution in [3.05, 3.63) is 64.7 Å². The van der Waals surface area contributed by atoms with Crippen LogP contribution in [0, 0.1) is 0 Å². The van der Waals surface area contributed by atoms with Crippen molar-refractivity contribution in [3.8, 4) is 5.75 Å². The fourth-order valence-electron chi connectivity index (χ4n) is 2.44. The molecule has 30 heavy (non-hydrogen) atoms. The van der Waals surface area contributed by atoms with Crippen LogP contribution in [-0.4, -0.2) is 42.8 Å². The van der Waals surface area contributed by atoms with Gasteiger partial charge in [0.1, 0.15) is 11.9 Å². The number of rotatable bonds is 10. The standard InChI is InChI=1S/C22H21ClO7/c1-3-28-22(27)19(24)13-29-20(25)12-14(2)30-18-10-6-16(7-11-18)21(26)15-4-8-17(23)9-5-15/h4-11,14H,3,12-13H2,1-2H3. The first-order chi connectivity index (χ1) is 14.3. The van der Waals surface area contributed by atoms with Crippen LogP contribution in [0.2, 0.25) is 5.02 Å². The minimum Gasteiger partial charge on any atom is -0.490 e. The lowest BCUT2D eigenvalue weighted by molar-refractivity contribution is -0.159. The van der Waals surface area contributed by atoms with Crippen molar-refractivity contribution in [1.29, 1.82) is 0 Å². The summed E-state index contributed by atoms with van der Waals surface area (Å²) in [5.74, 6) is -2.34. The Labute approximate surface area is 178 Å². The van der Waals surface area contributed by atoms with Gasteiger partial charge in [0, 0.05) is 16.1 Å². The lowest BCUT2D eigenvalue weighted by Crippen LogP contribution is -2.26. The van der Waals surface area contributed by atoms with Crippen LogP contribution in [0.25, 0.3) is 0 Å². The van der Waals surface area contributed by atoms with E-state index in [4.69, 9.17) is 21.1 Å². The van der Waals surface area contributed by atoms with E-state index in [1.54, 1.807) is 62.4 Å². The van der Waals surface area contributed by atoms with Crippen molar-refractivity contribution in [1.82, 2.24) is 0 Å². The lowest BCUT2D eigenvalue weighted by Gasteiger charge is -2.14. The van der Waals surface area contributed by atoms with E-state index in [2.05, 4.69) is 4.74 Å². The molecule has 158 valence electrons. The van der Waals surface area contributed by atoms with Crippen LogP contribution in [0.15, 0.2) is 48.5 Å². The van der Waals surface area contributed by atoms with Gasteiger partial charge in [0.15, 0.2) is 12.4 Å². The molecule has 0 radical (unpaired) electrons. The normalized spacial score (nSPS) is 11.3. The quantitative estimate of drug-likeness (QED) is 0.322. The van der Waals surface area contributed by atoms with E-state index in [1.807, 2.05) is 0 Å². The molecule has 0 aliphatic carbocycles. The highest BCUT2D eigenvalue weighted by Crippen LogP contribution is 2.18. The summed E-state index contributed by atoms with van der Waals surface area (Å²) in [4.78, 5) is 46.8. The van der Waals surface area contributed by atoms with Crippen LogP contribution in [-0.2, 0) is 23.9 Å². The molecule has 1 unspecified atom stereocenters. The molecular formula is C22H21ClO7. The number of carbonyl (C=O) groups excluding carboxylic acids is 4. The molecule has 0 bridgehead atoms. The highest BCUT2D eigenvalue weighted by atomic mass is 35.5. The van der Waals surface area contributed by atoms with Gasteiger partial charge in [-0.05, 0) is 62.4 Å². The monoisotopic (exact) mass is 432 g/mol. The van der Waals surface area contributed by atoms with Crippen molar-refractivity contribution in [2.24, 2.45) is 0 Å². The molecule has 1 atom stereocenters. The lowest BCUT2D eigenvalue weighted by atomic mass is 10.0. The van der Waals surface area contributed by atoms with Crippen molar-refractivity contribution in [2.75, 3.05) is 13.2 Å². The van der Waals surface area contributed by atoms with Crippen molar-refractivity contribution in [3.63, 3.8) is 0 Å². The molecule has 0 fully saturated rings. The van der Waals surface area contributed by atoms with Crippen LogP contribution >= 0.6 is 11.6 Å². The highest BCUT2D eigenvalue weighted by Gasteiger charge is 2.19. The van der Waals surface area contributed by atoms with Crippen molar-refractivity contribution < 1.29 is 33.4 Å². The zero-order chi connectivity index (χ0) is 22.1. The first kappa shape index (κ1) is 23.1. The minimum absolute atomic E-state index is 0.0630. The van der Waals surface area contributed by atoms with E-state index < -0.39 is 30.4 Å². The first-order valence-electron chi connectivity index (χ1n) is 9.22. The summed E-state index contributed by atoms with van der Waals surface area (Å²) in [6.45, 7) is 2.61. The number of hydrogen-bond acceptors (Lipinski definition) is 7. The summed E-state index contributed by atoms with van der Waals surface area (Å²) in [5.41, 5.74) is 0.996. The third-order valence-electron chi connectivity index (χ3n) is 3.88. The number of ketones is 2. The van der Waals surface area contributed by atoms with Crippen LogP contribution in [0.4, 0.5) is 0 Å². The Morgan fingerprint density at radius 2 is 1.47 bits per heavy atom. The fraction of sp³-hybridized carbons (Fsp3) is 0.273. The molecular weight excluding hydrogens is 412 g/mol. The van der Waals surface area contributed by atoms with Crippen LogP contribution < -0.4 is 4.74 Å². The molecule has 0 N–H and O–H groups in total. The summed E-state index contributed by atoms with van der Waals surface area (Å²) in [6, 6.07) is 13.1. The van der Waals surface area contributed by atoms with Crippen LogP contribution in [0.5, 0.6) is 5.75 Å². The summed E-state index contributed by atoms with van der Waals surface area (Å²) in [7, 11) is 0. The molecule has 2 aromatic carbocycles. The van der Waals surface area contributed by atoms with E-state index in [-0.39, 0.29) is 18.8 Å². The second-order valence-electron chi connectivity index (χ2n) is 6.30. The Morgan fingerprint density at radius 1 is 0.900 bits per heavy atom. The predicted molar refractivity (Wildman–Crippen MR) is 109 cm³/mol. The predicted octanol–water partition coefficient (Wildman–Crippen LogP) is 3.40. The highest BCUT2D eigenvalue weighted by molar-refractivity contribution is 6.34. The third-order valence-corrected chi connectivity index (χ3v) is 4.13. The van der Waals surface area contributed by atoms with Gasteiger partial charge in [0.2, 0.25) is 0 Å². The number of carbonyl (C=O) groups is 4. The first-order valence-corrected chi connectivity index (χ1v) is 9.60. The van der Waals surface area contributed by atoms with Gasteiger partial charge in [0.05, 0.1) is 13.0 Å². The van der Waals surface area contributed by atoms with E-state index in [1.165, 1.54) is 0 Å². The van der Waals surface area contributed by atoms with Crippen molar-refractivity contribution >= 4 is 35.1 Å². The number of benzene rings is 2. The number of Topliss-reactive ketones (excluding diaryl/α,β-unsaturated/α-hetero) is 1. The van der Waals surface area contributed by atoms with Crippen LogP contribution in [0.3, 0.4) is 0 Å². The molecule has 0 aliphatic heterocycles. The molecule has 0 amide bonds. The minimum atomic E-state index is -1.04. The molecule has 0 spiro atoms. The van der Waals surface area contributed by atoms with E-state index in [0.29, 0.717) is 21.9 Å². The summed E-state index contributed by atoms with van der Waals surface area (Å²) in [5, 5.41) is 0.549. The molecule has 0 aromatic heterocycles. The SMILES string of the molecule is CCOC(=O)C(=O)COC(=O)CC(C)Oc1ccc(C(=O)c2ccc(Cl)cc2)cc1. The average molecular weight is 433 g/mol. The smallest absolute Gasteiger partial charge is 0.378 e. The molecule has 0 saturated carbocycles. The van der Waals surface area contributed by atoms with Gasteiger partial charge in [-0.15, -0.1) is 0 Å². The zero-order valence-corrected chi connectivity index (χ0v) is 17.3. The van der Waals surface area contributed by atoms with E-state index >= 15 is 0 Å². The summed E-state index contributed by atoms with van der Waals surface area (Å²) < 4.78 is 14.9. The van der Waals surface area contributed by atoms with Gasteiger partial charge in [0.25, 0.3) is 5.78 Å². The second kappa shape index (κ2) is 11.1. The Balaban J connectivity index is 1.84. The second-order valence-corrected chi connectivity index (χ2v) is 6.73. The zero-order valence-electron chi connectivity index (χ0n) is 16.6. The third kappa shape index (κ3) is 7.00.